The van der Waals surface area contributed by atoms with Gasteiger partial charge in [0.25, 0.3) is 0 Å². The van der Waals surface area contributed by atoms with E-state index < -0.39 is 5.82 Å². The Hall–Kier alpha value is -1.38. The molecule has 0 aromatic heterocycles. The van der Waals surface area contributed by atoms with Crippen molar-refractivity contribution in [2.24, 2.45) is 0 Å². The maximum atomic E-state index is 13.8. The van der Waals surface area contributed by atoms with Gasteiger partial charge < -0.3 is 4.90 Å². The number of carbonyl (C=O) groups is 1. The average Bonchev–Trinajstić information content (AvgIpc) is 2.38. The van der Waals surface area contributed by atoms with Gasteiger partial charge in [0.15, 0.2) is 5.78 Å². The Morgan fingerprint density at radius 3 is 2.89 bits per heavy atom. The van der Waals surface area contributed by atoms with E-state index in [2.05, 4.69) is 11.8 Å². The molecule has 1 aliphatic heterocycles. The monoisotopic (exact) mass is 249 g/mol. The Morgan fingerprint density at radius 2 is 2.22 bits per heavy atom. The number of anilines is 1. The molecular formula is C15H20FNO. The maximum Gasteiger partial charge on any atom is 0.164 e. The lowest BCUT2D eigenvalue weighted by Crippen LogP contribution is -2.40. The summed E-state index contributed by atoms with van der Waals surface area (Å²) in [5.74, 6) is -0.594. The highest BCUT2D eigenvalue weighted by atomic mass is 19.1. The summed E-state index contributed by atoms with van der Waals surface area (Å²) in [6.45, 7) is 4.50. The van der Waals surface area contributed by atoms with Crippen molar-refractivity contribution in [3.05, 3.63) is 29.6 Å². The molecular weight excluding hydrogens is 229 g/mol. The summed E-state index contributed by atoms with van der Waals surface area (Å²) in [5.41, 5.74) is 1.02. The van der Waals surface area contributed by atoms with Gasteiger partial charge in [-0.1, -0.05) is 13.0 Å². The maximum absolute atomic E-state index is 13.8. The van der Waals surface area contributed by atoms with E-state index in [1.807, 2.05) is 6.07 Å². The van der Waals surface area contributed by atoms with Gasteiger partial charge in [0.05, 0.1) is 11.3 Å². The van der Waals surface area contributed by atoms with Crippen molar-refractivity contribution in [1.29, 1.82) is 0 Å². The van der Waals surface area contributed by atoms with Gasteiger partial charge in [-0.2, -0.15) is 0 Å². The van der Waals surface area contributed by atoms with Crippen LogP contribution >= 0.6 is 0 Å². The normalized spacial score (nSPS) is 19.9. The zero-order valence-electron chi connectivity index (χ0n) is 11.1. The first-order valence-corrected chi connectivity index (χ1v) is 6.71. The Morgan fingerprint density at radius 1 is 1.44 bits per heavy atom. The predicted molar refractivity (Wildman–Crippen MR) is 71.7 cm³/mol. The third kappa shape index (κ3) is 2.40. The van der Waals surface area contributed by atoms with Crippen LogP contribution in [0.1, 0.15) is 49.9 Å². The van der Waals surface area contributed by atoms with Crippen LogP contribution in [0.25, 0.3) is 0 Å². The Balaban J connectivity index is 2.42. The smallest absolute Gasteiger partial charge is 0.164 e. The second kappa shape index (κ2) is 5.51. The lowest BCUT2D eigenvalue weighted by Gasteiger charge is -2.38. The molecule has 1 aromatic carbocycles. The summed E-state index contributed by atoms with van der Waals surface area (Å²) in [5, 5.41) is 0. The van der Waals surface area contributed by atoms with Gasteiger partial charge in [-0.25, -0.2) is 4.39 Å². The molecule has 0 bridgehead atoms. The summed E-state index contributed by atoms with van der Waals surface area (Å²) in [6.07, 6.45) is 4.50. The highest BCUT2D eigenvalue weighted by molar-refractivity contribution is 6.00. The van der Waals surface area contributed by atoms with Crippen LogP contribution in [-0.4, -0.2) is 18.4 Å². The minimum Gasteiger partial charge on any atom is -0.368 e. The number of rotatable bonds is 3. The third-order valence-electron chi connectivity index (χ3n) is 3.75. The van der Waals surface area contributed by atoms with E-state index in [1.54, 1.807) is 6.07 Å². The lowest BCUT2D eigenvalue weighted by atomic mass is 9.97. The SMILES string of the molecule is CCC1CCCCN1c1cccc(F)c1C(C)=O. The van der Waals surface area contributed by atoms with Crippen molar-refractivity contribution in [1.82, 2.24) is 0 Å². The number of carbonyl (C=O) groups excluding carboxylic acids is 1. The zero-order valence-corrected chi connectivity index (χ0v) is 11.1. The van der Waals surface area contributed by atoms with Gasteiger partial charge in [0.2, 0.25) is 0 Å². The minimum absolute atomic E-state index is 0.191. The quantitative estimate of drug-likeness (QED) is 0.759. The van der Waals surface area contributed by atoms with Crippen LogP contribution in [0.15, 0.2) is 18.2 Å². The van der Waals surface area contributed by atoms with Crippen molar-refractivity contribution in [2.45, 2.75) is 45.6 Å². The third-order valence-corrected chi connectivity index (χ3v) is 3.75. The van der Waals surface area contributed by atoms with Crippen molar-refractivity contribution in [3.8, 4) is 0 Å². The molecule has 2 rings (SSSR count). The van der Waals surface area contributed by atoms with E-state index in [4.69, 9.17) is 0 Å². The van der Waals surface area contributed by atoms with Crippen LogP contribution in [-0.2, 0) is 0 Å². The molecule has 0 amide bonds. The molecule has 0 N–H and O–H groups in total. The number of benzene rings is 1. The number of piperidine rings is 1. The fourth-order valence-corrected chi connectivity index (χ4v) is 2.84. The van der Waals surface area contributed by atoms with Gasteiger partial charge in [-0.3, -0.25) is 4.79 Å². The molecule has 2 nitrogen and oxygen atoms in total. The molecule has 1 fully saturated rings. The van der Waals surface area contributed by atoms with Crippen LogP contribution in [0.4, 0.5) is 10.1 Å². The van der Waals surface area contributed by atoms with E-state index in [0.29, 0.717) is 6.04 Å². The van der Waals surface area contributed by atoms with Crippen molar-refractivity contribution in [2.75, 3.05) is 11.4 Å². The molecule has 18 heavy (non-hydrogen) atoms. The molecule has 1 aliphatic rings. The first-order chi connectivity index (χ1) is 8.65. The second-order valence-corrected chi connectivity index (χ2v) is 4.94. The van der Waals surface area contributed by atoms with Crippen LogP contribution in [0, 0.1) is 5.82 Å². The topological polar surface area (TPSA) is 20.3 Å². The molecule has 0 radical (unpaired) electrons. The average molecular weight is 249 g/mol. The number of hydrogen-bond acceptors (Lipinski definition) is 2. The lowest BCUT2D eigenvalue weighted by molar-refractivity contribution is 0.101. The molecule has 1 heterocycles. The molecule has 1 unspecified atom stereocenters. The second-order valence-electron chi connectivity index (χ2n) is 4.94. The molecule has 1 aromatic rings. The number of ketones is 1. The molecule has 0 aliphatic carbocycles. The fourth-order valence-electron chi connectivity index (χ4n) is 2.84. The molecule has 98 valence electrons. The van der Waals surface area contributed by atoms with E-state index >= 15 is 0 Å². The first-order valence-electron chi connectivity index (χ1n) is 6.71. The van der Waals surface area contributed by atoms with Crippen LogP contribution < -0.4 is 4.90 Å². The number of Topliss-reactive ketones (excluding diaryl/α,β-unsaturated/α-hetero) is 1. The van der Waals surface area contributed by atoms with Crippen LogP contribution in [0.2, 0.25) is 0 Å². The summed E-state index contributed by atoms with van der Waals surface area (Å²) in [4.78, 5) is 13.9. The van der Waals surface area contributed by atoms with Gasteiger partial charge in [-0.05, 0) is 44.7 Å². The van der Waals surface area contributed by atoms with Gasteiger partial charge >= 0.3 is 0 Å². The Labute approximate surface area is 108 Å². The standard InChI is InChI=1S/C15H20FNO/c1-3-12-7-4-5-10-17(12)14-9-6-8-13(16)15(14)11(2)18/h6,8-9,12H,3-5,7,10H2,1-2H3. The van der Waals surface area contributed by atoms with E-state index in [0.717, 1.165) is 31.5 Å². The highest BCUT2D eigenvalue weighted by Gasteiger charge is 2.25. The van der Waals surface area contributed by atoms with E-state index in [9.17, 15) is 9.18 Å². The van der Waals surface area contributed by atoms with Crippen molar-refractivity contribution in [3.63, 3.8) is 0 Å². The number of hydrogen-bond donors (Lipinski definition) is 0. The molecule has 0 saturated carbocycles. The Kier molecular flexibility index (Phi) is 4.00. The summed E-state index contributed by atoms with van der Waals surface area (Å²) in [7, 11) is 0. The van der Waals surface area contributed by atoms with Gasteiger partial charge in [0.1, 0.15) is 5.82 Å². The van der Waals surface area contributed by atoms with Gasteiger partial charge in [-0.15, -0.1) is 0 Å². The van der Waals surface area contributed by atoms with E-state index in [1.165, 1.54) is 19.4 Å². The molecule has 1 atom stereocenters. The summed E-state index contributed by atoms with van der Waals surface area (Å²) in [6, 6.07) is 5.36. The van der Waals surface area contributed by atoms with Crippen LogP contribution in [0.3, 0.4) is 0 Å². The molecule has 3 heteroatoms. The predicted octanol–water partition coefficient (Wildman–Crippen LogP) is 3.80. The summed E-state index contributed by atoms with van der Waals surface area (Å²) < 4.78 is 13.8. The van der Waals surface area contributed by atoms with Crippen molar-refractivity contribution >= 4 is 11.5 Å². The highest BCUT2D eigenvalue weighted by Crippen LogP contribution is 2.30. The zero-order chi connectivity index (χ0) is 13.1. The van der Waals surface area contributed by atoms with Crippen molar-refractivity contribution < 1.29 is 9.18 Å². The fraction of sp³-hybridized carbons (Fsp3) is 0.533. The number of halogens is 1. The molecule has 0 spiro atoms. The minimum atomic E-state index is -0.402. The summed E-state index contributed by atoms with van der Waals surface area (Å²) >= 11 is 0. The largest absolute Gasteiger partial charge is 0.368 e. The van der Waals surface area contributed by atoms with Crippen LogP contribution in [0.5, 0.6) is 0 Å². The molecule has 1 saturated heterocycles. The van der Waals surface area contributed by atoms with Gasteiger partial charge in [0, 0.05) is 12.6 Å². The first kappa shape index (κ1) is 13.1. The Bertz CT molecular complexity index is 444. The van der Waals surface area contributed by atoms with E-state index in [-0.39, 0.29) is 11.3 Å². The number of nitrogens with zero attached hydrogens (tertiary/aromatic N) is 1.